The summed E-state index contributed by atoms with van der Waals surface area (Å²) in [5, 5.41) is 11.9. The van der Waals surface area contributed by atoms with Gasteiger partial charge in [0.05, 0.1) is 6.42 Å². The lowest BCUT2D eigenvalue weighted by Gasteiger charge is -2.40. The Morgan fingerprint density at radius 1 is 1.33 bits per heavy atom. The third-order valence-electron chi connectivity index (χ3n) is 4.26. The Morgan fingerprint density at radius 2 is 1.95 bits per heavy atom. The van der Waals surface area contributed by atoms with Gasteiger partial charge in [0.1, 0.15) is 0 Å². The Morgan fingerprint density at radius 3 is 2.43 bits per heavy atom. The number of rotatable bonds is 4. The van der Waals surface area contributed by atoms with E-state index >= 15 is 0 Å². The van der Waals surface area contributed by atoms with Crippen LogP contribution in [0.2, 0.25) is 0 Å². The van der Waals surface area contributed by atoms with Gasteiger partial charge in [0.15, 0.2) is 0 Å². The number of carbonyl (C=O) groups is 2. The minimum atomic E-state index is -0.889. The van der Waals surface area contributed by atoms with Crippen molar-refractivity contribution in [2.75, 3.05) is 26.7 Å². The second-order valence-electron chi connectivity index (χ2n) is 6.95. The first-order chi connectivity index (χ1) is 9.65. The zero-order valence-corrected chi connectivity index (χ0v) is 13.8. The number of carboxylic acid groups (broad SMARTS) is 1. The number of amides is 2. The summed E-state index contributed by atoms with van der Waals surface area (Å²) in [5.74, 6) is -0.889. The number of carboxylic acids is 1. The Balaban J connectivity index is 2.67. The lowest BCUT2D eigenvalue weighted by atomic mass is 9.85. The largest absolute Gasteiger partial charge is 0.481 e. The Hall–Kier alpha value is -1.30. The van der Waals surface area contributed by atoms with Crippen LogP contribution >= 0.6 is 0 Å². The molecule has 0 spiro atoms. The third kappa shape index (κ3) is 5.19. The number of carbonyl (C=O) groups excluding carboxylic acids is 1. The van der Waals surface area contributed by atoms with E-state index in [0.717, 1.165) is 13.0 Å². The highest BCUT2D eigenvalue weighted by Gasteiger charge is 2.32. The first-order valence-corrected chi connectivity index (χ1v) is 7.62. The number of hydrogen-bond acceptors (Lipinski definition) is 3. The molecule has 6 heteroatoms. The standard InChI is InChI=1S/C15H29N3O3/c1-6-11-10-18(8-7-17(11)5)14(21)16-12(9-13(19)20)15(2,3)4/h11-12H,6-10H2,1-5H3,(H,16,21)(H,19,20). The second kappa shape index (κ2) is 7.11. The van der Waals surface area contributed by atoms with Crippen LogP contribution in [0.25, 0.3) is 0 Å². The zero-order valence-electron chi connectivity index (χ0n) is 13.8. The van der Waals surface area contributed by atoms with Gasteiger partial charge in [0.25, 0.3) is 0 Å². The van der Waals surface area contributed by atoms with Crippen molar-refractivity contribution in [2.45, 2.75) is 52.6 Å². The second-order valence-corrected chi connectivity index (χ2v) is 6.95. The molecule has 0 aromatic heterocycles. The summed E-state index contributed by atoms with van der Waals surface area (Å²) in [6.45, 7) is 10.2. The molecule has 21 heavy (non-hydrogen) atoms. The molecular formula is C15H29N3O3. The Kier molecular flexibility index (Phi) is 6.01. The summed E-state index contributed by atoms with van der Waals surface area (Å²) in [7, 11) is 2.08. The van der Waals surface area contributed by atoms with Crippen molar-refractivity contribution >= 4 is 12.0 Å². The summed E-state index contributed by atoms with van der Waals surface area (Å²) in [5.41, 5.74) is -0.287. The maximum absolute atomic E-state index is 12.4. The van der Waals surface area contributed by atoms with Gasteiger partial charge in [-0.25, -0.2) is 4.79 Å². The summed E-state index contributed by atoms with van der Waals surface area (Å²) in [6, 6.07) is -0.151. The third-order valence-corrected chi connectivity index (χ3v) is 4.26. The molecule has 0 bridgehead atoms. The molecule has 1 saturated heterocycles. The molecule has 2 N–H and O–H groups in total. The maximum atomic E-state index is 12.4. The molecule has 2 atom stereocenters. The molecule has 0 saturated carbocycles. The van der Waals surface area contributed by atoms with Crippen molar-refractivity contribution in [2.24, 2.45) is 5.41 Å². The predicted octanol–water partition coefficient (Wildman–Crippen LogP) is 1.61. The first kappa shape index (κ1) is 17.8. The van der Waals surface area contributed by atoms with Crippen LogP contribution in [0.4, 0.5) is 4.79 Å². The monoisotopic (exact) mass is 299 g/mol. The van der Waals surface area contributed by atoms with Crippen molar-refractivity contribution in [3.05, 3.63) is 0 Å². The highest BCUT2D eigenvalue weighted by Crippen LogP contribution is 2.22. The van der Waals surface area contributed by atoms with Crippen LogP contribution in [-0.2, 0) is 4.79 Å². The van der Waals surface area contributed by atoms with Crippen LogP contribution in [0, 0.1) is 5.41 Å². The molecule has 1 heterocycles. The summed E-state index contributed by atoms with van der Waals surface area (Å²) >= 11 is 0. The lowest BCUT2D eigenvalue weighted by Crippen LogP contribution is -2.58. The van der Waals surface area contributed by atoms with Gasteiger partial charge in [0.2, 0.25) is 0 Å². The van der Waals surface area contributed by atoms with Gasteiger partial charge >= 0.3 is 12.0 Å². The highest BCUT2D eigenvalue weighted by molar-refractivity contribution is 5.76. The van der Waals surface area contributed by atoms with E-state index in [1.807, 2.05) is 20.8 Å². The number of nitrogens with zero attached hydrogens (tertiary/aromatic N) is 2. The molecule has 0 aromatic carbocycles. The fourth-order valence-electron chi connectivity index (χ4n) is 2.56. The van der Waals surface area contributed by atoms with Gasteiger partial charge in [-0.15, -0.1) is 0 Å². The summed E-state index contributed by atoms with van der Waals surface area (Å²) < 4.78 is 0. The molecule has 1 fully saturated rings. The van der Waals surface area contributed by atoms with Gasteiger partial charge in [-0.3, -0.25) is 9.69 Å². The molecule has 0 aliphatic carbocycles. The predicted molar refractivity (Wildman–Crippen MR) is 82.3 cm³/mol. The van der Waals surface area contributed by atoms with Crippen LogP contribution < -0.4 is 5.32 Å². The van der Waals surface area contributed by atoms with E-state index in [0.29, 0.717) is 19.1 Å². The van der Waals surface area contributed by atoms with Crippen molar-refractivity contribution < 1.29 is 14.7 Å². The van der Waals surface area contributed by atoms with E-state index in [9.17, 15) is 9.59 Å². The fraction of sp³-hybridized carbons (Fsp3) is 0.867. The zero-order chi connectivity index (χ0) is 16.2. The molecule has 1 aliphatic rings. The normalized spacial score (nSPS) is 22.0. The average molecular weight is 299 g/mol. The molecule has 2 unspecified atom stereocenters. The highest BCUT2D eigenvalue weighted by atomic mass is 16.4. The molecule has 122 valence electrons. The first-order valence-electron chi connectivity index (χ1n) is 7.62. The molecule has 0 aromatic rings. The van der Waals surface area contributed by atoms with Crippen molar-refractivity contribution in [1.29, 1.82) is 0 Å². The number of piperazine rings is 1. The van der Waals surface area contributed by atoms with E-state index in [4.69, 9.17) is 5.11 Å². The molecular weight excluding hydrogens is 270 g/mol. The summed E-state index contributed by atoms with van der Waals surface area (Å²) in [6.07, 6.45) is 0.943. The van der Waals surface area contributed by atoms with E-state index in [2.05, 4.69) is 24.2 Å². The molecule has 1 aliphatic heterocycles. The minimum Gasteiger partial charge on any atom is -0.481 e. The maximum Gasteiger partial charge on any atom is 0.317 e. The minimum absolute atomic E-state index is 0.0554. The van der Waals surface area contributed by atoms with Crippen LogP contribution in [0.1, 0.15) is 40.5 Å². The van der Waals surface area contributed by atoms with Crippen LogP contribution in [0.15, 0.2) is 0 Å². The topological polar surface area (TPSA) is 72.9 Å². The molecule has 2 amide bonds. The van der Waals surface area contributed by atoms with E-state index < -0.39 is 5.97 Å². The van der Waals surface area contributed by atoms with Gasteiger partial charge in [-0.2, -0.15) is 0 Å². The van der Waals surface area contributed by atoms with Crippen molar-refractivity contribution in [3.63, 3.8) is 0 Å². The van der Waals surface area contributed by atoms with Crippen LogP contribution in [0.3, 0.4) is 0 Å². The number of aliphatic carboxylic acids is 1. The SMILES string of the molecule is CCC1CN(C(=O)NC(CC(=O)O)C(C)(C)C)CCN1C. The van der Waals surface area contributed by atoms with Gasteiger partial charge in [-0.05, 0) is 18.9 Å². The van der Waals surface area contributed by atoms with Gasteiger partial charge in [-0.1, -0.05) is 27.7 Å². The average Bonchev–Trinajstić information content (AvgIpc) is 2.36. The van der Waals surface area contributed by atoms with Gasteiger partial charge in [0, 0.05) is 31.7 Å². The quantitative estimate of drug-likeness (QED) is 0.827. The number of nitrogens with one attached hydrogen (secondary N) is 1. The fourth-order valence-corrected chi connectivity index (χ4v) is 2.56. The van der Waals surface area contributed by atoms with E-state index in [-0.39, 0.29) is 23.9 Å². The van der Waals surface area contributed by atoms with Crippen LogP contribution in [-0.4, -0.2) is 65.7 Å². The lowest BCUT2D eigenvalue weighted by molar-refractivity contribution is -0.138. The van der Waals surface area contributed by atoms with Crippen molar-refractivity contribution in [1.82, 2.24) is 15.1 Å². The van der Waals surface area contributed by atoms with E-state index in [1.54, 1.807) is 4.90 Å². The molecule has 0 radical (unpaired) electrons. The van der Waals surface area contributed by atoms with E-state index in [1.165, 1.54) is 0 Å². The van der Waals surface area contributed by atoms with Gasteiger partial charge < -0.3 is 15.3 Å². The van der Waals surface area contributed by atoms with Crippen LogP contribution in [0.5, 0.6) is 0 Å². The Labute approximate surface area is 127 Å². The van der Waals surface area contributed by atoms with Crippen molar-refractivity contribution in [3.8, 4) is 0 Å². The number of urea groups is 1. The Bertz CT molecular complexity index is 379. The summed E-state index contributed by atoms with van der Waals surface area (Å²) in [4.78, 5) is 27.5. The number of hydrogen-bond donors (Lipinski definition) is 2. The smallest absolute Gasteiger partial charge is 0.317 e. The molecule has 1 rings (SSSR count). The number of likely N-dealkylation sites (N-methyl/N-ethyl adjacent to an activating group) is 1. The molecule has 6 nitrogen and oxygen atoms in total.